The minimum Gasteiger partial charge on any atom is -0.346 e. The van der Waals surface area contributed by atoms with Gasteiger partial charge in [0.2, 0.25) is 5.91 Å². The van der Waals surface area contributed by atoms with Crippen LogP contribution in [0.1, 0.15) is 43.7 Å². The number of aryl methyl sites for hydroxylation is 2. The molecule has 23 heavy (non-hydrogen) atoms. The van der Waals surface area contributed by atoms with E-state index in [-0.39, 0.29) is 23.9 Å². The van der Waals surface area contributed by atoms with Gasteiger partial charge in [-0.1, -0.05) is 19.4 Å². The molecule has 0 aromatic carbocycles. The Kier molecular flexibility index (Phi) is 5.73. The van der Waals surface area contributed by atoms with Crippen LogP contribution >= 0.6 is 0 Å². The van der Waals surface area contributed by atoms with Gasteiger partial charge >= 0.3 is 0 Å². The minimum absolute atomic E-state index is 0.0680. The highest BCUT2D eigenvalue weighted by atomic mass is 16.2. The van der Waals surface area contributed by atoms with Crippen LogP contribution in [0.25, 0.3) is 0 Å². The van der Waals surface area contributed by atoms with Gasteiger partial charge in [0.1, 0.15) is 5.82 Å². The van der Waals surface area contributed by atoms with E-state index in [1.807, 2.05) is 30.8 Å². The molecular weight excluding hydrogens is 292 g/mol. The van der Waals surface area contributed by atoms with Crippen LogP contribution in [0.15, 0.2) is 35.4 Å². The summed E-state index contributed by atoms with van der Waals surface area (Å²) < 4.78 is 3.54. The van der Waals surface area contributed by atoms with Crippen molar-refractivity contribution >= 4 is 5.91 Å². The summed E-state index contributed by atoms with van der Waals surface area (Å²) in [6.07, 6.45) is 5.67. The molecule has 2 rings (SSSR count). The van der Waals surface area contributed by atoms with Gasteiger partial charge in [0.25, 0.3) is 5.56 Å². The molecule has 0 spiro atoms. The van der Waals surface area contributed by atoms with E-state index in [0.29, 0.717) is 6.54 Å². The second-order valence-corrected chi connectivity index (χ2v) is 5.71. The number of nitrogens with one attached hydrogen (secondary N) is 1. The van der Waals surface area contributed by atoms with Gasteiger partial charge in [-0.25, -0.2) is 4.98 Å². The number of amides is 1. The SMILES string of the molecule is CCCC(NC(=O)CCn1c(C)cccc1=O)c1nccn1C. The van der Waals surface area contributed by atoms with Gasteiger partial charge in [-0.2, -0.15) is 0 Å². The van der Waals surface area contributed by atoms with Crippen LogP contribution in [0.5, 0.6) is 0 Å². The number of nitrogens with zero attached hydrogens (tertiary/aromatic N) is 3. The lowest BCUT2D eigenvalue weighted by molar-refractivity contribution is -0.122. The highest BCUT2D eigenvalue weighted by Crippen LogP contribution is 2.16. The number of carbonyl (C=O) groups is 1. The highest BCUT2D eigenvalue weighted by Gasteiger charge is 2.17. The molecule has 1 unspecified atom stereocenters. The molecule has 124 valence electrons. The second kappa shape index (κ2) is 7.76. The largest absolute Gasteiger partial charge is 0.346 e. The second-order valence-electron chi connectivity index (χ2n) is 5.71. The number of imidazole rings is 1. The van der Waals surface area contributed by atoms with E-state index in [0.717, 1.165) is 24.4 Å². The molecule has 0 bridgehead atoms. The van der Waals surface area contributed by atoms with E-state index in [2.05, 4.69) is 17.2 Å². The molecule has 1 atom stereocenters. The quantitative estimate of drug-likeness (QED) is 0.848. The van der Waals surface area contributed by atoms with Gasteiger partial charge in [-0.3, -0.25) is 9.59 Å². The predicted octanol–water partition coefficient (Wildman–Crippen LogP) is 1.94. The first-order valence-electron chi connectivity index (χ1n) is 7.96. The number of rotatable bonds is 7. The van der Waals surface area contributed by atoms with Crippen LogP contribution in [0.3, 0.4) is 0 Å². The fourth-order valence-corrected chi connectivity index (χ4v) is 2.66. The normalized spacial score (nSPS) is 12.1. The van der Waals surface area contributed by atoms with E-state index in [9.17, 15) is 9.59 Å². The average Bonchev–Trinajstić information content (AvgIpc) is 2.92. The maximum Gasteiger partial charge on any atom is 0.250 e. The molecule has 0 saturated heterocycles. The van der Waals surface area contributed by atoms with Crippen molar-refractivity contribution in [3.8, 4) is 0 Å². The molecule has 6 nitrogen and oxygen atoms in total. The number of carbonyl (C=O) groups excluding carboxylic acids is 1. The Morgan fingerprint density at radius 1 is 1.39 bits per heavy atom. The van der Waals surface area contributed by atoms with Crippen LogP contribution in [-0.4, -0.2) is 20.0 Å². The summed E-state index contributed by atoms with van der Waals surface area (Å²) in [4.78, 5) is 28.4. The first kappa shape index (κ1) is 17.0. The molecule has 0 fully saturated rings. The number of hydrogen-bond acceptors (Lipinski definition) is 3. The van der Waals surface area contributed by atoms with E-state index >= 15 is 0 Å². The Morgan fingerprint density at radius 2 is 2.17 bits per heavy atom. The summed E-state index contributed by atoms with van der Waals surface area (Å²) >= 11 is 0. The average molecular weight is 316 g/mol. The van der Waals surface area contributed by atoms with Crippen LogP contribution in [0, 0.1) is 6.92 Å². The predicted molar refractivity (Wildman–Crippen MR) is 89.1 cm³/mol. The summed E-state index contributed by atoms with van der Waals surface area (Å²) in [6, 6.07) is 5.01. The Labute approximate surface area is 136 Å². The summed E-state index contributed by atoms with van der Waals surface area (Å²) in [5.74, 6) is 0.787. The zero-order valence-corrected chi connectivity index (χ0v) is 14.0. The Hall–Kier alpha value is -2.37. The maximum absolute atomic E-state index is 12.3. The van der Waals surface area contributed by atoms with E-state index in [1.54, 1.807) is 16.8 Å². The molecule has 0 radical (unpaired) electrons. The van der Waals surface area contributed by atoms with Crippen molar-refractivity contribution in [2.75, 3.05) is 0 Å². The molecule has 1 N–H and O–H groups in total. The molecule has 1 amide bonds. The van der Waals surface area contributed by atoms with Crippen LogP contribution in [0.4, 0.5) is 0 Å². The molecule has 6 heteroatoms. The molecular formula is C17H24N4O2. The van der Waals surface area contributed by atoms with Crippen LogP contribution in [-0.2, 0) is 18.4 Å². The minimum atomic E-state index is -0.0962. The van der Waals surface area contributed by atoms with Crippen molar-refractivity contribution in [3.63, 3.8) is 0 Å². The van der Waals surface area contributed by atoms with E-state index in [1.165, 1.54) is 6.07 Å². The lowest BCUT2D eigenvalue weighted by Gasteiger charge is -2.18. The fraction of sp³-hybridized carbons (Fsp3) is 0.471. The molecule has 0 aliphatic carbocycles. The first-order chi connectivity index (χ1) is 11.0. The standard InChI is InChI=1S/C17H24N4O2/c1-4-6-14(17-18-10-12-20(17)3)19-15(22)9-11-21-13(2)7-5-8-16(21)23/h5,7-8,10,12,14H,4,6,9,11H2,1-3H3,(H,19,22). The molecule has 2 heterocycles. The van der Waals surface area contributed by atoms with Crippen molar-refractivity contribution in [2.45, 2.75) is 45.7 Å². The van der Waals surface area contributed by atoms with Crippen LogP contribution in [0.2, 0.25) is 0 Å². The summed E-state index contributed by atoms with van der Waals surface area (Å²) in [5.41, 5.74) is 0.784. The first-order valence-corrected chi connectivity index (χ1v) is 7.96. The van der Waals surface area contributed by atoms with Crippen molar-refractivity contribution in [1.29, 1.82) is 0 Å². The van der Waals surface area contributed by atoms with Crippen molar-refractivity contribution in [2.24, 2.45) is 7.05 Å². The monoisotopic (exact) mass is 316 g/mol. The zero-order chi connectivity index (χ0) is 16.8. The molecule has 0 aliphatic heterocycles. The summed E-state index contributed by atoms with van der Waals surface area (Å²) in [7, 11) is 1.92. The Morgan fingerprint density at radius 3 is 2.78 bits per heavy atom. The summed E-state index contributed by atoms with van der Waals surface area (Å²) in [6.45, 7) is 4.33. The molecule has 0 aliphatic rings. The Balaban J connectivity index is 2.00. The fourth-order valence-electron chi connectivity index (χ4n) is 2.66. The van der Waals surface area contributed by atoms with Crippen LogP contribution < -0.4 is 10.9 Å². The molecule has 2 aromatic heterocycles. The van der Waals surface area contributed by atoms with Gasteiger partial charge in [0, 0.05) is 44.2 Å². The van der Waals surface area contributed by atoms with Gasteiger partial charge in [-0.05, 0) is 19.4 Å². The van der Waals surface area contributed by atoms with Crippen molar-refractivity contribution in [3.05, 3.63) is 52.5 Å². The van der Waals surface area contributed by atoms with Gasteiger partial charge in [0.05, 0.1) is 6.04 Å². The third kappa shape index (κ3) is 4.31. The van der Waals surface area contributed by atoms with Crippen molar-refractivity contribution < 1.29 is 4.79 Å². The lowest BCUT2D eigenvalue weighted by Crippen LogP contribution is -2.32. The third-order valence-corrected chi connectivity index (χ3v) is 3.91. The number of pyridine rings is 1. The van der Waals surface area contributed by atoms with Crippen molar-refractivity contribution in [1.82, 2.24) is 19.4 Å². The number of aromatic nitrogens is 3. The molecule has 2 aromatic rings. The van der Waals surface area contributed by atoms with Gasteiger partial charge in [-0.15, -0.1) is 0 Å². The smallest absolute Gasteiger partial charge is 0.250 e. The highest BCUT2D eigenvalue weighted by molar-refractivity contribution is 5.76. The lowest BCUT2D eigenvalue weighted by atomic mass is 10.1. The van der Waals surface area contributed by atoms with Gasteiger partial charge in [0.15, 0.2) is 0 Å². The Bertz CT molecular complexity index is 717. The topological polar surface area (TPSA) is 68.9 Å². The van der Waals surface area contributed by atoms with Gasteiger partial charge < -0.3 is 14.5 Å². The van der Waals surface area contributed by atoms with E-state index in [4.69, 9.17) is 0 Å². The zero-order valence-electron chi connectivity index (χ0n) is 14.0. The van der Waals surface area contributed by atoms with E-state index < -0.39 is 0 Å². The maximum atomic E-state index is 12.3. The third-order valence-electron chi connectivity index (χ3n) is 3.91. The molecule has 0 saturated carbocycles. The number of hydrogen-bond donors (Lipinski definition) is 1. The summed E-state index contributed by atoms with van der Waals surface area (Å²) in [5, 5.41) is 3.03.